The number of nitrogens with zero attached hydrogens (tertiary/aromatic N) is 1. The minimum absolute atomic E-state index is 0.745. The highest BCUT2D eigenvalue weighted by Crippen LogP contribution is 2.25. The molecule has 0 atom stereocenters. The molecular formula is C14H18N2O. The van der Waals surface area contributed by atoms with Crippen molar-refractivity contribution in [3.05, 3.63) is 41.4 Å². The predicted molar refractivity (Wildman–Crippen MR) is 68.8 cm³/mol. The van der Waals surface area contributed by atoms with Gasteiger partial charge in [-0.2, -0.15) is 0 Å². The van der Waals surface area contributed by atoms with Gasteiger partial charge in [0.2, 0.25) is 0 Å². The molecule has 0 unspecified atom stereocenters. The predicted octanol–water partition coefficient (Wildman–Crippen LogP) is 3.07. The normalized spacial score (nSPS) is 10.8. The van der Waals surface area contributed by atoms with Gasteiger partial charge in [-0.25, -0.2) is 4.98 Å². The standard InChI is InChI=1S/C14H18N2O/c1-4-15-8-13-14(17-9-16-13)12-6-10(2)5-11(3)7-12/h5-7,9,15H,4,8H2,1-3H3. The molecule has 0 radical (unpaired) electrons. The Labute approximate surface area is 102 Å². The summed E-state index contributed by atoms with van der Waals surface area (Å²) < 4.78 is 5.51. The fourth-order valence-corrected chi connectivity index (χ4v) is 1.98. The summed E-state index contributed by atoms with van der Waals surface area (Å²) in [5.74, 6) is 0.873. The number of nitrogens with one attached hydrogen (secondary N) is 1. The van der Waals surface area contributed by atoms with Crippen LogP contribution in [0.2, 0.25) is 0 Å². The lowest BCUT2D eigenvalue weighted by molar-refractivity contribution is 0.569. The average molecular weight is 230 g/mol. The molecule has 2 aromatic rings. The molecule has 1 N–H and O–H groups in total. The number of oxazole rings is 1. The van der Waals surface area contributed by atoms with E-state index in [1.165, 1.54) is 17.5 Å². The minimum atomic E-state index is 0.745. The zero-order valence-corrected chi connectivity index (χ0v) is 10.6. The van der Waals surface area contributed by atoms with Crippen LogP contribution < -0.4 is 5.32 Å². The van der Waals surface area contributed by atoms with E-state index < -0.39 is 0 Å². The van der Waals surface area contributed by atoms with Crippen LogP contribution in [0.1, 0.15) is 23.7 Å². The second-order valence-electron chi connectivity index (χ2n) is 4.28. The van der Waals surface area contributed by atoms with E-state index in [0.717, 1.165) is 30.1 Å². The molecule has 0 saturated heterocycles. The van der Waals surface area contributed by atoms with Crippen LogP contribution in [0.4, 0.5) is 0 Å². The van der Waals surface area contributed by atoms with Crippen LogP contribution in [-0.2, 0) is 6.54 Å². The van der Waals surface area contributed by atoms with Gasteiger partial charge in [-0.05, 0) is 32.5 Å². The van der Waals surface area contributed by atoms with E-state index in [1.54, 1.807) is 0 Å². The van der Waals surface area contributed by atoms with Crippen LogP contribution in [0.5, 0.6) is 0 Å². The Balaban J connectivity index is 2.35. The molecular weight excluding hydrogens is 212 g/mol. The molecule has 0 spiro atoms. The minimum Gasteiger partial charge on any atom is -0.443 e. The highest BCUT2D eigenvalue weighted by atomic mass is 16.3. The van der Waals surface area contributed by atoms with Crippen molar-refractivity contribution in [3.8, 4) is 11.3 Å². The first-order valence-electron chi connectivity index (χ1n) is 5.92. The Kier molecular flexibility index (Phi) is 3.59. The Morgan fingerprint density at radius 2 is 1.88 bits per heavy atom. The lowest BCUT2D eigenvalue weighted by Gasteiger charge is -2.04. The Bertz CT molecular complexity index is 482. The number of aromatic nitrogens is 1. The molecule has 1 aromatic heterocycles. The van der Waals surface area contributed by atoms with Crippen molar-refractivity contribution in [2.45, 2.75) is 27.3 Å². The van der Waals surface area contributed by atoms with Crippen molar-refractivity contribution in [2.24, 2.45) is 0 Å². The van der Waals surface area contributed by atoms with Gasteiger partial charge in [0, 0.05) is 12.1 Å². The van der Waals surface area contributed by atoms with Crippen molar-refractivity contribution in [2.75, 3.05) is 6.54 Å². The summed E-state index contributed by atoms with van der Waals surface area (Å²) in [6.07, 6.45) is 1.51. The first-order chi connectivity index (χ1) is 8.20. The van der Waals surface area contributed by atoms with Gasteiger partial charge < -0.3 is 9.73 Å². The quantitative estimate of drug-likeness (QED) is 0.877. The second-order valence-corrected chi connectivity index (χ2v) is 4.28. The molecule has 1 heterocycles. The summed E-state index contributed by atoms with van der Waals surface area (Å²) in [5.41, 5.74) is 4.56. The lowest BCUT2D eigenvalue weighted by atomic mass is 10.0. The van der Waals surface area contributed by atoms with Gasteiger partial charge in [0.1, 0.15) is 5.69 Å². The zero-order valence-electron chi connectivity index (χ0n) is 10.6. The first kappa shape index (κ1) is 11.9. The third-order valence-corrected chi connectivity index (χ3v) is 2.67. The van der Waals surface area contributed by atoms with Crippen LogP contribution in [0, 0.1) is 13.8 Å². The topological polar surface area (TPSA) is 38.1 Å². The molecule has 0 aliphatic carbocycles. The van der Waals surface area contributed by atoms with E-state index in [-0.39, 0.29) is 0 Å². The Hall–Kier alpha value is -1.61. The van der Waals surface area contributed by atoms with Gasteiger partial charge >= 0.3 is 0 Å². The van der Waals surface area contributed by atoms with Crippen LogP contribution >= 0.6 is 0 Å². The maximum Gasteiger partial charge on any atom is 0.181 e. The lowest BCUT2D eigenvalue weighted by Crippen LogP contribution is -2.12. The molecule has 0 bridgehead atoms. The molecule has 17 heavy (non-hydrogen) atoms. The number of aryl methyl sites for hydroxylation is 2. The molecule has 3 nitrogen and oxygen atoms in total. The molecule has 0 fully saturated rings. The molecule has 0 aliphatic rings. The Morgan fingerprint density at radius 3 is 2.53 bits per heavy atom. The average Bonchev–Trinajstić information content (AvgIpc) is 2.73. The van der Waals surface area contributed by atoms with Crippen molar-refractivity contribution in [1.82, 2.24) is 10.3 Å². The van der Waals surface area contributed by atoms with Gasteiger partial charge in [-0.3, -0.25) is 0 Å². The summed E-state index contributed by atoms with van der Waals surface area (Å²) >= 11 is 0. The maximum atomic E-state index is 5.51. The van der Waals surface area contributed by atoms with Crippen molar-refractivity contribution in [3.63, 3.8) is 0 Å². The van der Waals surface area contributed by atoms with Crippen molar-refractivity contribution >= 4 is 0 Å². The number of hydrogen-bond donors (Lipinski definition) is 1. The van der Waals surface area contributed by atoms with Gasteiger partial charge in [0.05, 0.1) is 0 Å². The first-order valence-corrected chi connectivity index (χ1v) is 5.92. The molecule has 2 rings (SSSR count). The SMILES string of the molecule is CCNCc1ncoc1-c1cc(C)cc(C)c1. The Morgan fingerprint density at radius 1 is 1.18 bits per heavy atom. The molecule has 3 heteroatoms. The smallest absolute Gasteiger partial charge is 0.181 e. The third-order valence-electron chi connectivity index (χ3n) is 2.67. The number of hydrogen-bond acceptors (Lipinski definition) is 3. The van der Waals surface area contributed by atoms with E-state index in [1.807, 2.05) is 0 Å². The van der Waals surface area contributed by atoms with Gasteiger partial charge in [-0.15, -0.1) is 0 Å². The van der Waals surface area contributed by atoms with Crippen LogP contribution in [0.3, 0.4) is 0 Å². The summed E-state index contributed by atoms with van der Waals surface area (Å²) in [6, 6.07) is 6.41. The van der Waals surface area contributed by atoms with Gasteiger partial charge in [-0.1, -0.05) is 24.1 Å². The second kappa shape index (κ2) is 5.15. The molecule has 0 saturated carbocycles. The van der Waals surface area contributed by atoms with E-state index in [2.05, 4.69) is 49.3 Å². The van der Waals surface area contributed by atoms with Crippen LogP contribution in [0.15, 0.2) is 29.0 Å². The highest BCUT2D eigenvalue weighted by molar-refractivity contribution is 5.61. The van der Waals surface area contributed by atoms with E-state index >= 15 is 0 Å². The summed E-state index contributed by atoms with van der Waals surface area (Å²) in [5, 5.41) is 3.27. The molecule has 1 aromatic carbocycles. The van der Waals surface area contributed by atoms with Crippen LogP contribution in [-0.4, -0.2) is 11.5 Å². The fourth-order valence-electron chi connectivity index (χ4n) is 1.98. The number of benzene rings is 1. The zero-order chi connectivity index (χ0) is 12.3. The monoisotopic (exact) mass is 230 g/mol. The van der Waals surface area contributed by atoms with E-state index in [4.69, 9.17) is 4.42 Å². The third kappa shape index (κ3) is 2.74. The molecule has 0 aliphatic heterocycles. The molecule has 90 valence electrons. The van der Waals surface area contributed by atoms with Crippen molar-refractivity contribution in [1.29, 1.82) is 0 Å². The van der Waals surface area contributed by atoms with Crippen molar-refractivity contribution < 1.29 is 4.42 Å². The fraction of sp³-hybridized carbons (Fsp3) is 0.357. The summed E-state index contributed by atoms with van der Waals surface area (Å²) in [7, 11) is 0. The largest absolute Gasteiger partial charge is 0.443 e. The summed E-state index contributed by atoms with van der Waals surface area (Å²) in [4.78, 5) is 4.26. The summed E-state index contributed by atoms with van der Waals surface area (Å²) in [6.45, 7) is 7.94. The van der Waals surface area contributed by atoms with Gasteiger partial charge in [0.15, 0.2) is 12.2 Å². The van der Waals surface area contributed by atoms with Crippen LogP contribution in [0.25, 0.3) is 11.3 Å². The van der Waals surface area contributed by atoms with E-state index in [0.29, 0.717) is 0 Å². The number of rotatable bonds is 4. The van der Waals surface area contributed by atoms with Gasteiger partial charge in [0.25, 0.3) is 0 Å². The maximum absolute atomic E-state index is 5.51. The highest BCUT2D eigenvalue weighted by Gasteiger charge is 2.10. The van der Waals surface area contributed by atoms with E-state index in [9.17, 15) is 0 Å². The molecule has 0 amide bonds.